The van der Waals surface area contributed by atoms with Gasteiger partial charge < -0.3 is 23.8 Å². The van der Waals surface area contributed by atoms with Crippen LogP contribution in [0.1, 0.15) is 67.2 Å². The Hall–Kier alpha value is -3.87. The van der Waals surface area contributed by atoms with E-state index in [2.05, 4.69) is 5.84 Å². The number of aromatic carboxylic acids is 1. The number of nitrogens with one attached hydrogen (secondary N) is 1. The van der Waals surface area contributed by atoms with Crippen LogP contribution in [0, 0.1) is 0 Å². The summed E-state index contributed by atoms with van der Waals surface area (Å²) >= 11 is 0. The van der Waals surface area contributed by atoms with Gasteiger partial charge in [0.05, 0.1) is 54.5 Å². The van der Waals surface area contributed by atoms with Crippen LogP contribution in [0.2, 0.25) is 0 Å². The van der Waals surface area contributed by atoms with Gasteiger partial charge in [0.2, 0.25) is 11.3 Å². The zero-order chi connectivity index (χ0) is 38.7. The minimum Gasteiger partial charge on any atom is -0.748 e. The van der Waals surface area contributed by atoms with Crippen molar-refractivity contribution in [3.8, 4) is 11.5 Å². The number of benzene rings is 3. The Bertz CT molecular complexity index is 2470. The first kappa shape index (κ1) is 41.9. The molecule has 4 N–H and O–H groups in total. The standard InChI is InChI=1S/C34H34N2O9S2.C2H6N2O.Na/c1-33(2)15-19(17-46(39,40)41)23-11-25-29(13-27(23)35(33)5)45-30-14-28-24(20(18-47(42,43)44)16-34(3,4)36(28)6)12-26(30)31(25)21-9-7-8-10-22(21)32(37)38;1-2(5)4-3;/h7-16H,17-18H2,1-6H3,(H2-,37,38,39,40,41,42,43,44);3H2,1H3,(H,4,5);/q;;+1/p-1. The second-order valence-electron chi connectivity index (χ2n) is 13.9. The van der Waals surface area contributed by atoms with Crippen molar-refractivity contribution in [3.05, 3.63) is 99.1 Å². The van der Waals surface area contributed by atoms with E-state index in [0.29, 0.717) is 66.7 Å². The van der Waals surface area contributed by atoms with Gasteiger partial charge in [-0.05, 0) is 54.8 Å². The van der Waals surface area contributed by atoms with Gasteiger partial charge in [-0.1, -0.05) is 24.3 Å². The minimum atomic E-state index is -4.67. The largest absolute Gasteiger partial charge is 1.00 e. The van der Waals surface area contributed by atoms with Gasteiger partial charge in [0.1, 0.15) is 18.5 Å². The number of carboxylic acid groups (broad SMARTS) is 1. The minimum absolute atomic E-state index is 0. The van der Waals surface area contributed by atoms with Crippen LogP contribution >= 0.6 is 0 Å². The zero-order valence-corrected chi connectivity index (χ0v) is 34.2. The van der Waals surface area contributed by atoms with Gasteiger partial charge in [-0.25, -0.2) is 32.0 Å². The summed E-state index contributed by atoms with van der Waals surface area (Å²) in [6, 6.07) is 13.3. The van der Waals surface area contributed by atoms with Crippen molar-refractivity contribution in [1.82, 2.24) is 10.0 Å². The fourth-order valence-corrected chi connectivity index (χ4v) is 7.89. The molecule has 17 heteroatoms. The number of likely N-dealkylation sites (N-methyl/N-ethyl adjacent to an activating group) is 2. The predicted molar refractivity (Wildman–Crippen MR) is 194 cm³/mol. The summed E-state index contributed by atoms with van der Waals surface area (Å²) in [6.45, 7) is 8.91. The first-order chi connectivity index (χ1) is 23.9. The van der Waals surface area contributed by atoms with E-state index in [1.165, 1.54) is 13.0 Å². The summed E-state index contributed by atoms with van der Waals surface area (Å²) in [5.74, 6) is 2.42. The summed E-state index contributed by atoms with van der Waals surface area (Å²) in [7, 11) is -5.66. The average Bonchev–Trinajstić information content (AvgIpc) is 3.02. The van der Waals surface area contributed by atoms with Crippen LogP contribution in [0.25, 0.3) is 16.7 Å². The van der Waals surface area contributed by atoms with Crippen molar-refractivity contribution in [2.24, 2.45) is 5.84 Å². The second-order valence-corrected chi connectivity index (χ2v) is 16.7. The normalized spacial score (nSPS) is 16.5. The number of hydrogen-bond acceptors (Lipinski definition) is 11. The van der Waals surface area contributed by atoms with Crippen LogP contribution in [0.4, 0.5) is 5.69 Å². The number of anilines is 1. The third-order valence-electron chi connectivity index (χ3n) is 9.45. The number of nitrogens with zero attached hydrogens (tertiary/aromatic N) is 2. The summed E-state index contributed by atoms with van der Waals surface area (Å²) < 4.78 is 80.6. The molecular weight excluding hydrogens is 736 g/mol. The molecule has 53 heavy (non-hydrogen) atoms. The van der Waals surface area contributed by atoms with Gasteiger partial charge in [0.25, 0.3) is 0 Å². The molecule has 3 aliphatic heterocycles. The van der Waals surface area contributed by atoms with Crippen LogP contribution in [0.5, 0.6) is 11.5 Å². The van der Waals surface area contributed by atoms with Crippen LogP contribution in [-0.2, 0) is 25.0 Å². The van der Waals surface area contributed by atoms with E-state index in [1.807, 2.05) is 56.7 Å². The summed E-state index contributed by atoms with van der Waals surface area (Å²) in [6.07, 6.45) is 3.46. The SMILES string of the molecule is CC(=O)NN.CN1c2cc3c(cc2C(CS(=O)(=O)[O-])=CC1(C)C)C(c1ccccc1C(=O)O)=c1cc2c(cc1O3)=[N+](C)C(C)(C)C=C2CS(=O)(=O)[O-].[Na+]. The summed E-state index contributed by atoms with van der Waals surface area (Å²) in [5, 5.41) is 11.3. The number of carboxylic acids is 1. The number of ether oxygens (including phenoxy) is 1. The number of amides is 1. The molecule has 3 aromatic carbocycles. The molecule has 14 nitrogen and oxygen atoms in total. The molecule has 276 valence electrons. The van der Waals surface area contributed by atoms with E-state index in [1.54, 1.807) is 54.6 Å². The monoisotopic (exact) mass is 774 g/mol. The average molecular weight is 775 g/mol. The number of fused-ring (bicyclic) bond motifs is 4. The summed E-state index contributed by atoms with van der Waals surface area (Å²) in [4.78, 5) is 24.0. The quantitative estimate of drug-likeness (QED) is 0.0522. The molecule has 0 spiro atoms. The number of nitrogens with two attached hydrogens (primary N) is 1. The third-order valence-corrected chi connectivity index (χ3v) is 10.8. The predicted octanol–water partition coefficient (Wildman–Crippen LogP) is -1.26. The Balaban J connectivity index is 0.000000980. The van der Waals surface area contributed by atoms with Crippen molar-refractivity contribution in [3.63, 3.8) is 0 Å². The fourth-order valence-electron chi connectivity index (χ4n) is 6.65. The molecule has 0 saturated carbocycles. The van der Waals surface area contributed by atoms with Crippen molar-refractivity contribution in [2.45, 2.75) is 45.7 Å². The van der Waals surface area contributed by atoms with E-state index in [0.717, 1.165) is 0 Å². The van der Waals surface area contributed by atoms with E-state index in [9.17, 15) is 40.6 Å². The molecule has 3 aromatic rings. The maximum atomic E-state index is 12.5. The molecule has 0 aliphatic carbocycles. The molecule has 6 rings (SSSR count). The van der Waals surface area contributed by atoms with Gasteiger partial charge in [0.15, 0.2) is 5.54 Å². The first-order valence-corrected chi connectivity index (χ1v) is 19.1. The van der Waals surface area contributed by atoms with Crippen LogP contribution in [0.15, 0.2) is 60.7 Å². The molecule has 0 saturated heterocycles. The Morgan fingerprint density at radius 2 is 1.45 bits per heavy atom. The molecule has 3 aliphatic rings. The number of carbonyl (C=O) groups is 2. The van der Waals surface area contributed by atoms with Crippen molar-refractivity contribution >= 4 is 54.5 Å². The van der Waals surface area contributed by atoms with E-state index < -0.39 is 48.8 Å². The van der Waals surface area contributed by atoms with Crippen molar-refractivity contribution in [2.75, 3.05) is 30.5 Å². The number of hydrogen-bond donors (Lipinski definition) is 3. The molecule has 1 amide bonds. The molecule has 0 aromatic heterocycles. The maximum Gasteiger partial charge on any atom is 1.00 e. The van der Waals surface area contributed by atoms with Crippen molar-refractivity contribution in [1.29, 1.82) is 0 Å². The van der Waals surface area contributed by atoms with Gasteiger partial charge >= 0.3 is 35.5 Å². The molecule has 0 bridgehead atoms. The second kappa shape index (κ2) is 14.8. The van der Waals surface area contributed by atoms with Gasteiger partial charge in [-0.2, -0.15) is 0 Å². The van der Waals surface area contributed by atoms with Gasteiger partial charge in [0, 0.05) is 61.5 Å². The molecule has 0 radical (unpaired) electrons. The number of hydrazine groups is 1. The van der Waals surface area contributed by atoms with Crippen molar-refractivity contribution < 1.29 is 74.9 Å². The molecule has 0 unspecified atom stereocenters. The van der Waals surface area contributed by atoms with Gasteiger partial charge in [-0.15, -0.1) is 0 Å². The Labute approximate surface area is 330 Å². The fraction of sp³-hybridized carbons (Fsp3) is 0.306. The third kappa shape index (κ3) is 8.60. The zero-order valence-electron chi connectivity index (χ0n) is 30.6. The smallest absolute Gasteiger partial charge is 0.748 e. The molecule has 0 fully saturated rings. The maximum absolute atomic E-state index is 12.5. The van der Waals surface area contributed by atoms with E-state index >= 15 is 0 Å². The van der Waals surface area contributed by atoms with Crippen LogP contribution < -0.4 is 65.6 Å². The topological polar surface area (TPSA) is 222 Å². The molecular formula is C36H39N4NaO10S2. The van der Waals surface area contributed by atoms with Crippen LogP contribution in [-0.4, -0.2) is 79.6 Å². The van der Waals surface area contributed by atoms with E-state index in [-0.39, 0.29) is 41.0 Å². The number of rotatable bonds is 6. The molecule has 0 atom stereocenters. The summed E-state index contributed by atoms with van der Waals surface area (Å²) in [5.41, 5.74) is 3.95. The Morgan fingerprint density at radius 3 is 2.00 bits per heavy atom. The Morgan fingerprint density at radius 1 is 0.887 bits per heavy atom. The Kier molecular flexibility index (Phi) is 11.7. The first-order valence-electron chi connectivity index (χ1n) is 15.9. The van der Waals surface area contributed by atoms with Crippen LogP contribution in [0.3, 0.4) is 0 Å². The number of carbonyl (C=O) groups excluding carboxylic acids is 1. The van der Waals surface area contributed by atoms with Gasteiger partial charge in [-0.3, -0.25) is 10.2 Å². The molecule has 3 heterocycles. The van der Waals surface area contributed by atoms with E-state index in [4.69, 9.17) is 4.74 Å².